The number of rotatable bonds is 9. The van der Waals surface area contributed by atoms with Crippen LogP contribution in [0.1, 0.15) is 51.9 Å². The molecule has 1 heterocycles. The third kappa shape index (κ3) is 8.33. The molecule has 0 radical (unpaired) electrons. The van der Waals surface area contributed by atoms with Gasteiger partial charge in [-0.05, 0) is 25.3 Å². The minimum absolute atomic E-state index is 0.102. The Kier molecular flexibility index (Phi) is 9.33. The lowest BCUT2D eigenvalue weighted by Gasteiger charge is -2.25. The average Bonchev–Trinajstić information content (AvgIpc) is 2.47. The number of carbonyl (C=O) groups is 1. The van der Waals surface area contributed by atoms with Crippen molar-refractivity contribution in [3.8, 4) is 0 Å². The Balaban J connectivity index is 1.88. The molecule has 1 fully saturated rings. The molecule has 1 aliphatic rings. The van der Waals surface area contributed by atoms with Crippen molar-refractivity contribution < 1.29 is 19.0 Å². The molecule has 0 aromatic rings. The van der Waals surface area contributed by atoms with E-state index in [-0.39, 0.29) is 12.3 Å². The van der Waals surface area contributed by atoms with Crippen LogP contribution in [0, 0.1) is 5.92 Å². The van der Waals surface area contributed by atoms with E-state index in [9.17, 15) is 4.79 Å². The molecule has 0 N–H and O–H groups in total. The maximum absolute atomic E-state index is 10.9. The van der Waals surface area contributed by atoms with Crippen molar-refractivity contribution in [2.75, 3.05) is 20.3 Å². The fourth-order valence-electron chi connectivity index (χ4n) is 2.10. The van der Waals surface area contributed by atoms with Gasteiger partial charge in [-0.3, -0.25) is 4.79 Å². The van der Waals surface area contributed by atoms with Crippen molar-refractivity contribution in [1.82, 2.24) is 0 Å². The number of ether oxygens (including phenoxy) is 3. The van der Waals surface area contributed by atoms with Crippen LogP contribution in [0.2, 0.25) is 0 Å². The lowest BCUT2D eigenvalue weighted by molar-refractivity contribution is -0.171. The molecule has 4 nitrogen and oxygen atoms in total. The molecule has 1 rings (SSSR count). The van der Waals surface area contributed by atoms with E-state index in [1.165, 1.54) is 26.4 Å². The lowest BCUT2D eigenvalue weighted by atomic mass is 10.1. The van der Waals surface area contributed by atoms with E-state index in [2.05, 4.69) is 17.7 Å². The van der Waals surface area contributed by atoms with E-state index in [4.69, 9.17) is 9.47 Å². The predicted molar refractivity (Wildman–Crippen MR) is 78.3 cm³/mol. The average molecular weight is 284 g/mol. The van der Waals surface area contributed by atoms with E-state index < -0.39 is 0 Å². The van der Waals surface area contributed by atoms with Gasteiger partial charge < -0.3 is 14.2 Å². The van der Waals surface area contributed by atoms with Crippen LogP contribution in [0.3, 0.4) is 0 Å². The highest BCUT2D eigenvalue weighted by atomic mass is 16.7. The van der Waals surface area contributed by atoms with Gasteiger partial charge in [-0.2, -0.15) is 0 Å². The molecule has 4 heteroatoms. The number of methoxy groups -OCH3 is 1. The highest BCUT2D eigenvalue weighted by Gasteiger charge is 2.15. The molecule has 20 heavy (non-hydrogen) atoms. The summed E-state index contributed by atoms with van der Waals surface area (Å²) in [6.45, 7) is 3.70. The zero-order chi connectivity index (χ0) is 14.6. The van der Waals surface area contributed by atoms with E-state index >= 15 is 0 Å². The Morgan fingerprint density at radius 3 is 2.50 bits per heavy atom. The number of hydrogen-bond acceptors (Lipinski definition) is 4. The van der Waals surface area contributed by atoms with Crippen LogP contribution in [-0.2, 0) is 19.0 Å². The first-order valence-electron chi connectivity index (χ1n) is 7.69. The number of esters is 1. The number of carbonyl (C=O) groups excluding carboxylic acids is 1. The fraction of sp³-hybridized carbons (Fsp3) is 0.812. The summed E-state index contributed by atoms with van der Waals surface area (Å²) >= 11 is 0. The van der Waals surface area contributed by atoms with E-state index in [0.717, 1.165) is 32.5 Å². The van der Waals surface area contributed by atoms with Gasteiger partial charge in [-0.25, -0.2) is 0 Å². The van der Waals surface area contributed by atoms with Crippen molar-refractivity contribution in [3.63, 3.8) is 0 Å². The van der Waals surface area contributed by atoms with Gasteiger partial charge in [0.25, 0.3) is 0 Å². The standard InChI is InChI=1S/C16H28O4/c1-14-12-19-16(20-13-14)11-9-7-5-3-4-6-8-10-15(17)18-2/h9,11,14,16H,3-8,10,12-13H2,1-2H3/b11-9+. The first-order valence-corrected chi connectivity index (χ1v) is 7.69. The monoisotopic (exact) mass is 284 g/mol. The molecule has 0 spiro atoms. The maximum atomic E-state index is 10.9. The normalized spacial score (nSPS) is 23.1. The molecule has 0 bridgehead atoms. The molecular weight excluding hydrogens is 256 g/mol. The molecule has 1 saturated heterocycles. The van der Waals surface area contributed by atoms with Gasteiger partial charge in [0, 0.05) is 12.3 Å². The third-order valence-corrected chi connectivity index (χ3v) is 3.36. The van der Waals surface area contributed by atoms with Gasteiger partial charge in [0.1, 0.15) is 0 Å². The van der Waals surface area contributed by atoms with Crippen LogP contribution in [0.25, 0.3) is 0 Å². The Hall–Kier alpha value is -0.870. The van der Waals surface area contributed by atoms with Crippen molar-refractivity contribution in [1.29, 1.82) is 0 Å². The van der Waals surface area contributed by atoms with Crippen molar-refractivity contribution in [2.45, 2.75) is 58.2 Å². The highest BCUT2D eigenvalue weighted by Crippen LogP contribution is 2.12. The number of hydrogen-bond donors (Lipinski definition) is 0. The first-order chi connectivity index (χ1) is 9.72. The first kappa shape index (κ1) is 17.2. The Morgan fingerprint density at radius 2 is 1.80 bits per heavy atom. The van der Waals surface area contributed by atoms with Gasteiger partial charge in [0.2, 0.25) is 0 Å². The van der Waals surface area contributed by atoms with Crippen LogP contribution < -0.4 is 0 Å². The second-order valence-electron chi connectivity index (χ2n) is 5.45. The Morgan fingerprint density at radius 1 is 1.15 bits per heavy atom. The quantitative estimate of drug-likeness (QED) is 0.369. The predicted octanol–water partition coefficient (Wildman–Crippen LogP) is 3.46. The topological polar surface area (TPSA) is 44.8 Å². The summed E-state index contributed by atoms with van der Waals surface area (Å²) in [5.41, 5.74) is 0. The Bertz CT molecular complexity index is 280. The maximum Gasteiger partial charge on any atom is 0.305 e. The molecule has 0 aromatic carbocycles. The summed E-state index contributed by atoms with van der Waals surface area (Å²) in [6.07, 6.45) is 11.2. The van der Waals surface area contributed by atoms with Crippen molar-refractivity contribution >= 4 is 5.97 Å². The van der Waals surface area contributed by atoms with Crippen LogP contribution in [0.15, 0.2) is 12.2 Å². The van der Waals surface area contributed by atoms with Gasteiger partial charge in [0.15, 0.2) is 6.29 Å². The summed E-state index contributed by atoms with van der Waals surface area (Å²) < 4.78 is 15.7. The van der Waals surface area contributed by atoms with Gasteiger partial charge >= 0.3 is 5.97 Å². The lowest BCUT2D eigenvalue weighted by Crippen LogP contribution is -2.28. The smallest absolute Gasteiger partial charge is 0.305 e. The molecule has 0 unspecified atom stereocenters. The van der Waals surface area contributed by atoms with E-state index in [1.54, 1.807) is 0 Å². The SMILES string of the molecule is COC(=O)CCCCCCC/C=C/C1OCC(C)CO1. The molecule has 116 valence electrons. The molecular formula is C16H28O4. The molecule has 0 amide bonds. The van der Waals surface area contributed by atoms with Gasteiger partial charge in [-0.15, -0.1) is 0 Å². The largest absolute Gasteiger partial charge is 0.469 e. The van der Waals surface area contributed by atoms with Crippen molar-refractivity contribution in [2.24, 2.45) is 5.92 Å². The second-order valence-corrected chi connectivity index (χ2v) is 5.45. The van der Waals surface area contributed by atoms with Gasteiger partial charge in [0.05, 0.1) is 20.3 Å². The third-order valence-electron chi connectivity index (χ3n) is 3.36. The van der Waals surface area contributed by atoms with E-state index in [1.807, 2.05) is 6.08 Å². The molecule has 0 aliphatic carbocycles. The Labute approximate surface area is 122 Å². The molecule has 0 aromatic heterocycles. The minimum atomic E-state index is -0.147. The summed E-state index contributed by atoms with van der Waals surface area (Å²) in [7, 11) is 1.44. The summed E-state index contributed by atoms with van der Waals surface area (Å²) in [5, 5.41) is 0. The van der Waals surface area contributed by atoms with Crippen molar-refractivity contribution in [3.05, 3.63) is 12.2 Å². The van der Waals surface area contributed by atoms with Gasteiger partial charge in [-0.1, -0.05) is 32.3 Å². The van der Waals surface area contributed by atoms with E-state index in [0.29, 0.717) is 12.3 Å². The molecule has 0 saturated carbocycles. The summed E-state index contributed by atoms with van der Waals surface area (Å²) in [5.74, 6) is 0.402. The summed E-state index contributed by atoms with van der Waals surface area (Å²) in [6, 6.07) is 0. The summed E-state index contributed by atoms with van der Waals surface area (Å²) in [4.78, 5) is 10.9. The molecule has 1 aliphatic heterocycles. The zero-order valence-corrected chi connectivity index (χ0v) is 12.8. The minimum Gasteiger partial charge on any atom is -0.469 e. The zero-order valence-electron chi connectivity index (χ0n) is 12.8. The second kappa shape index (κ2) is 10.9. The molecule has 0 atom stereocenters. The van der Waals surface area contributed by atoms with Crippen LogP contribution in [0.4, 0.5) is 0 Å². The number of unbranched alkanes of at least 4 members (excludes halogenated alkanes) is 5. The number of allylic oxidation sites excluding steroid dienone is 1. The van der Waals surface area contributed by atoms with Crippen LogP contribution >= 0.6 is 0 Å². The van der Waals surface area contributed by atoms with Crippen LogP contribution in [-0.4, -0.2) is 32.6 Å². The highest BCUT2D eigenvalue weighted by molar-refractivity contribution is 5.68. The van der Waals surface area contributed by atoms with Crippen LogP contribution in [0.5, 0.6) is 0 Å². The fourth-order valence-corrected chi connectivity index (χ4v) is 2.10.